The molecule has 176 valence electrons. The molecule has 8 nitrogen and oxygen atoms in total. The van der Waals surface area contributed by atoms with E-state index in [1.54, 1.807) is 24.2 Å². The number of carbonyl (C=O) groups excluding carboxylic acids is 4. The topological polar surface area (TPSA) is 96.0 Å². The molecule has 0 aliphatic carbocycles. The van der Waals surface area contributed by atoms with Crippen molar-refractivity contribution < 1.29 is 23.9 Å². The zero-order chi connectivity index (χ0) is 24.2. The summed E-state index contributed by atoms with van der Waals surface area (Å²) < 4.78 is 5.37. The second-order valence-electron chi connectivity index (χ2n) is 8.12. The highest BCUT2D eigenvalue weighted by atomic mass is 32.2. The van der Waals surface area contributed by atoms with E-state index in [4.69, 9.17) is 4.74 Å². The Labute approximate surface area is 201 Å². The van der Waals surface area contributed by atoms with Crippen LogP contribution in [0.5, 0.6) is 5.75 Å². The van der Waals surface area contributed by atoms with Crippen LogP contribution in [0.25, 0.3) is 6.08 Å². The molecule has 0 unspecified atom stereocenters. The van der Waals surface area contributed by atoms with Crippen molar-refractivity contribution in [3.05, 3.63) is 64.6 Å². The number of rotatable bonds is 7. The average Bonchev–Trinajstić information content (AvgIpc) is 3.34. The first-order chi connectivity index (χ1) is 16.4. The van der Waals surface area contributed by atoms with Crippen molar-refractivity contribution in [2.45, 2.75) is 13.3 Å². The highest BCUT2D eigenvalue weighted by Crippen LogP contribution is 2.34. The van der Waals surface area contributed by atoms with Crippen molar-refractivity contribution >= 4 is 46.5 Å². The molecule has 34 heavy (non-hydrogen) atoms. The third-order valence-corrected chi connectivity index (χ3v) is 6.63. The van der Waals surface area contributed by atoms with E-state index >= 15 is 0 Å². The lowest BCUT2D eigenvalue weighted by Crippen LogP contribution is -2.40. The molecule has 4 rings (SSSR count). The Balaban J connectivity index is 1.33. The van der Waals surface area contributed by atoms with Gasteiger partial charge in [-0.3, -0.25) is 24.1 Å². The molecule has 0 saturated carbocycles. The number of hydrogen-bond acceptors (Lipinski definition) is 6. The fraction of sp³-hybridized carbons (Fsp3) is 0.280. The van der Waals surface area contributed by atoms with Gasteiger partial charge < -0.3 is 15.0 Å². The van der Waals surface area contributed by atoms with Crippen LogP contribution in [0, 0.1) is 12.8 Å². The van der Waals surface area contributed by atoms with Crippen molar-refractivity contribution in [3.8, 4) is 5.75 Å². The highest BCUT2D eigenvalue weighted by Gasteiger charge is 2.37. The molecule has 0 aromatic heterocycles. The van der Waals surface area contributed by atoms with Gasteiger partial charge in [0.1, 0.15) is 5.75 Å². The summed E-state index contributed by atoms with van der Waals surface area (Å²) in [6.45, 7) is 2.35. The Morgan fingerprint density at radius 2 is 1.94 bits per heavy atom. The van der Waals surface area contributed by atoms with E-state index in [0.29, 0.717) is 16.3 Å². The predicted octanol–water partition coefficient (Wildman–Crippen LogP) is 3.21. The summed E-state index contributed by atoms with van der Waals surface area (Å²) >= 11 is 0.886. The fourth-order valence-electron chi connectivity index (χ4n) is 3.96. The molecule has 9 heteroatoms. The third kappa shape index (κ3) is 4.99. The third-order valence-electron chi connectivity index (χ3n) is 5.73. The summed E-state index contributed by atoms with van der Waals surface area (Å²) in [5, 5.41) is 2.40. The first kappa shape index (κ1) is 23.6. The minimum Gasteiger partial charge on any atom is -0.495 e. The van der Waals surface area contributed by atoms with Gasteiger partial charge in [0, 0.05) is 26.1 Å². The van der Waals surface area contributed by atoms with Gasteiger partial charge in [0.05, 0.1) is 23.6 Å². The van der Waals surface area contributed by atoms with Crippen molar-refractivity contribution in [1.29, 1.82) is 0 Å². The maximum Gasteiger partial charge on any atom is 0.293 e. The van der Waals surface area contributed by atoms with Gasteiger partial charge in [-0.05, 0) is 48.0 Å². The number of methoxy groups -OCH3 is 1. The number of nitrogens with zero attached hydrogens (tertiary/aromatic N) is 2. The number of carbonyl (C=O) groups is 4. The zero-order valence-corrected chi connectivity index (χ0v) is 19.8. The molecule has 2 saturated heterocycles. The Morgan fingerprint density at radius 3 is 2.68 bits per heavy atom. The molecule has 2 aromatic carbocycles. The smallest absolute Gasteiger partial charge is 0.293 e. The Bertz CT molecular complexity index is 1160. The Morgan fingerprint density at radius 1 is 1.18 bits per heavy atom. The number of nitrogens with one attached hydrogen (secondary N) is 1. The SMILES string of the molecule is COc1ccc(C)cc1N1C[C@H](C(=O)NCCN2C(=O)S/C(=C\c3ccccc3)C2=O)CC1=O. The molecule has 2 aliphatic rings. The maximum absolute atomic E-state index is 12.7. The number of aryl methyl sites for hydroxylation is 1. The lowest BCUT2D eigenvalue weighted by molar-refractivity contribution is -0.127. The number of benzene rings is 2. The quantitative estimate of drug-likeness (QED) is 0.613. The summed E-state index contributed by atoms with van der Waals surface area (Å²) in [7, 11) is 1.54. The molecule has 0 spiro atoms. The standard InChI is InChI=1S/C25H25N3O5S/c1-16-8-9-20(33-2)19(12-16)28-15-18(14-22(28)29)23(30)26-10-11-27-24(31)21(34-25(27)32)13-17-6-4-3-5-7-17/h3-9,12-13,18H,10-11,14-15H2,1-2H3,(H,26,30)/b21-13-/t18-/m1/s1. The minimum absolute atomic E-state index is 0.0681. The zero-order valence-electron chi connectivity index (χ0n) is 18.9. The van der Waals surface area contributed by atoms with Crippen LogP contribution in [0.1, 0.15) is 17.5 Å². The van der Waals surface area contributed by atoms with E-state index in [-0.39, 0.29) is 49.0 Å². The van der Waals surface area contributed by atoms with E-state index in [1.807, 2.05) is 49.4 Å². The first-order valence-electron chi connectivity index (χ1n) is 10.9. The molecular weight excluding hydrogens is 454 g/mol. The molecule has 2 aromatic rings. The van der Waals surface area contributed by atoms with Gasteiger partial charge in [-0.1, -0.05) is 36.4 Å². The van der Waals surface area contributed by atoms with Gasteiger partial charge in [-0.15, -0.1) is 0 Å². The molecular formula is C25H25N3O5S. The van der Waals surface area contributed by atoms with Crippen LogP contribution in [0.3, 0.4) is 0 Å². The van der Waals surface area contributed by atoms with Crippen LogP contribution in [0.2, 0.25) is 0 Å². The Kier molecular flexibility index (Phi) is 7.02. The lowest BCUT2D eigenvalue weighted by Gasteiger charge is -2.20. The van der Waals surface area contributed by atoms with Crippen molar-refractivity contribution in [1.82, 2.24) is 10.2 Å². The summed E-state index contributed by atoms with van der Waals surface area (Å²) in [5.41, 5.74) is 2.46. The number of ether oxygens (including phenoxy) is 1. The first-order valence-corrected chi connectivity index (χ1v) is 11.7. The van der Waals surface area contributed by atoms with Crippen LogP contribution in [-0.2, 0) is 14.4 Å². The number of hydrogen-bond donors (Lipinski definition) is 1. The minimum atomic E-state index is -0.523. The molecule has 2 heterocycles. The van der Waals surface area contributed by atoms with Crippen LogP contribution < -0.4 is 15.0 Å². The van der Waals surface area contributed by atoms with E-state index in [0.717, 1.165) is 27.8 Å². The largest absolute Gasteiger partial charge is 0.495 e. The van der Waals surface area contributed by atoms with Crippen LogP contribution in [0.4, 0.5) is 10.5 Å². The maximum atomic E-state index is 12.7. The Hall–Kier alpha value is -3.59. The normalized spacial score (nSPS) is 19.3. The lowest BCUT2D eigenvalue weighted by atomic mass is 10.1. The molecule has 1 N–H and O–H groups in total. The van der Waals surface area contributed by atoms with Crippen molar-refractivity contribution in [2.24, 2.45) is 5.92 Å². The predicted molar refractivity (Wildman–Crippen MR) is 130 cm³/mol. The highest BCUT2D eigenvalue weighted by molar-refractivity contribution is 8.18. The van der Waals surface area contributed by atoms with Gasteiger partial charge in [-0.2, -0.15) is 0 Å². The van der Waals surface area contributed by atoms with Gasteiger partial charge in [0.2, 0.25) is 11.8 Å². The van der Waals surface area contributed by atoms with Gasteiger partial charge in [-0.25, -0.2) is 0 Å². The summed E-state index contributed by atoms with van der Waals surface area (Å²) in [6, 6.07) is 14.9. The van der Waals surface area contributed by atoms with E-state index in [9.17, 15) is 19.2 Å². The van der Waals surface area contributed by atoms with Gasteiger partial charge in [0.15, 0.2) is 0 Å². The number of amides is 4. The number of imide groups is 1. The molecule has 2 aliphatic heterocycles. The van der Waals surface area contributed by atoms with Crippen LogP contribution in [-0.4, -0.2) is 54.6 Å². The number of anilines is 1. The van der Waals surface area contributed by atoms with Gasteiger partial charge >= 0.3 is 0 Å². The summed E-state index contributed by atoms with van der Waals surface area (Å²) in [4.78, 5) is 53.3. The fourth-order valence-corrected chi connectivity index (χ4v) is 4.82. The second-order valence-corrected chi connectivity index (χ2v) is 9.11. The molecule has 4 amide bonds. The van der Waals surface area contributed by atoms with E-state index < -0.39 is 5.92 Å². The van der Waals surface area contributed by atoms with Crippen LogP contribution in [0.15, 0.2) is 53.4 Å². The summed E-state index contributed by atoms with van der Waals surface area (Å²) in [5.74, 6) is -0.759. The van der Waals surface area contributed by atoms with Gasteiger partial charge in [0.25, 0.3) is 11.1 Å². The average molecular weight is 480 g/mol. The molecule has 0 bridgehead atoms. The second kappa shape index (κ2) is 10.1. The van der Waals surface area contributed by atoms with E-state index in [2.05, 4.69) is 5.32 Å². The monoisotopic (exact) mass is 479 g/mol. The molecule has 1 atom stereocenters. The number of thioether (sulfide) groups is 1. The van der Waals surface area contributed by atoms with E-state index in [1.165, 1.54) is 0 Å². The summed E-state index contributed by atoms with van der Waals surface area (Å²) in [6.07, 6.45) is 1.77. The molecule has 0 radical (unpaired) electrons. The molecule has 2 fully saturated rings. The van der Waals surface area contributed by atoms with Crippen molar-refractivity contribution in [3.63, 3.8) is 0 Å². The van der Waals surface area contributed by atoms with Crippen LogP contribution >= 0.6 is 11.8 Å². The van der Waals surface area contributed by atoms with Crippen molar-refractivity contribution in [2.75, 3.05) is 31.6 Å².